The molecule has 20 nitrogen and oxygen atoms in total. The van der Waals surface area contributed by atoms with E-state index in [4.69, 9.17) is 14.2 Å². The summed E-state index contributed by atoms with van der Waals surface area (Å²) in [5.74, 6) is 2.09. The largest absolute Gasteiger partial charge is 0.508 e. The molecule has 20 heteroatoms. The molecule has 426 valence electrons. The minimum absolute atomic E-state index is 0.195. The normalized spacial score (nSPS) is 14.5. The molecule has 81 heavy (non-hydrogen) atoms. The Morgan fingerprint density at radius 3 is 1.31 bits per heavy atom. The average molecular weight is 1110 g/mol. The third-order valence-electron chi connectivity index (χ3n) is 14.1. The molecule has 0 aromatic heterocycles. The van der Waals surface area contributed by atoms with Gasteiger partial charge in [0.05, 0.1) is 51.8 Å². The van der Waals surface area contributed by atoms with Crippen molar-refractivity contribution >= 4 is 47.3 Å². The molecule has 0 saturated heterocycles. The number of methoxy groups -OCH3 is 1. The fraction of sp³-hybridized carbons (Fsp3) is 0.344. The maximum absolute atomic E-state index is 12.4. The summed E-state index contributed by atoms with van der Waals surface area (Å²) >= 11 is 0. The summed E-state index contributed by atoms with van der Waals surface area (Å²) in [4.78, 5) is 86.5. The van der Waals surface area contributed by atoms with Gasteiger partial charge in [-0.05, 0) is 95.9 Å². The molecule has 0 aliphatic heterocycles. The molecule has 4 atom stereocenters. The Kier molecular flexibility index (Phi) is 24.8. The van der Waals surface area contributed by atoms with Crippen LogP contribution in [0.5, 0.6) is 11.5 Å². The maximum Gasteiger partial charge on any atom is 0.293 e. The lowest BCUT2D eigenvalue weighted by atomic mass is 9.81. The Balaban J connectivity index is 0.000000203. The minimum Gasteiger partial charge on any atom is -0.508 e. The van der Waals surface area contributed by atoms with Crippen LogP contribution in [0.1, 0.15) is 144 Å². The van der Waals surface area contributed by atoms with Crippen LogP contribution in [-0.4, -0.2) is 56.4 Å². The first-order chi connectivity index (χ1) is 39.0. The summed E-state index contributed by atoms with van der Waals surface area (Å²) in [6, 6.07) is 34.7. The first-order valence-electron chi connectivity index (χ1n) is 26.7. The van der Waals surface area contributed by atoms with Crippen molar-refractivity contribution in [3.8, 4) is 11.5 Å². The maximum atomic E-state index is 12.4. The number of benzene rings is 6. The predicted molar refractivity (Wildman–Crippen MR) is 301 cm³/mol. The van der Waals surface area contributed by atoms with Crippen molar-refractivity contribution in [2.75, 3.05) is 7.11 Å². The van der Waals surface area contributed by atoms with Gasteiger partial charge in [-0.15, -0.1) is 0 Å². The molecule has 2 aliphatic rings. The second-order valence-electron chi connectivity index (χ2n) is 19.5. The van der Waals surface area contributed by atoms with Crippen LogP contribution in [-0.2, 0) is 44.7 Å². The molecule has 8 rings (SSSR count). The number of Topliss-reactive ketones (excluding diaryl/α,β-unsaturated/α-hetero) is 2. The topological polar surface area (TPSA) is 289 Å². The fourth-order valence-corrected chi connectivity index (χ4v) is 9.84. The number of phenols is 1. The van der Waals surface area contributed by atoms with Gasteiger partial charge in [-0.1, -0.05) is 137 Å². The van der Waals surface area contributed by atoms with Gasteiger partial charge in [0, 0.05) is 35.4 Å². The molecule has 0 amide bonds. The van der Waals surface area contributed by atoms with E-state index in [1.54, 1.807) is 67.8 Å². The van der Waals surface area contributed by atoms with Gasteiger partial charge in [0.25, 0.3) is 35.7 Å². The van der Waals surface area contributed by atoms with Crippen molar-refractivity contribution in [3.63, 3.8) is 0 Å². The zero-order valence-corrected chi connectivity index (χ0v) is 45.4. The van der Waals surface area contributed by atoms with Crippen LogP contribution < -0.4 is 4.74 Å². The lowest BCUT2D eigenvalue weighted by Crippen LogP contribution is -2.15. The van der Waals surface area contributed by atoms with Crippen molar-refractivity contribution in [1.82, 2.24) is 0 Å². The van der Waals surface area contributed by atoms with Crippen LogP contribution in [0.2, 0.25) is 0 Å². The number of nitro groups is 4. The highest BCUT2D eigenvalue weighted by atomic mass is 16.6. The second kappa shape index (κ2) is 32.0. The van der Waals surface area contributed by atoms with E-state index in [1.165, 1.54) is 92.9 Å². The lowest BCUT2D eigenvalue weighted by molar-refractivity contribution is -0.394. The van der Waals surface area contributed by atoms with E-state index in [0.29, 0.717) is 16.9 Å². The number of fused-ring (bicyclic) bond motifs is 2. The fourth-order valence-electron chi connectivity index (χ4n) is 9.84. The van der Waals surface area contributed by atoms with Crippen LogP contribution in [0.3, 0.4) is 0 Å². The zero-order valence-electron chi connectivity index (χ0n) is 45.4. The van der Waals surface area contributed by atoms with Crippen LogP contribution in [0.15, 0.2) is 133 Å². The Morgan fingerprint density at radius 2 is 0.938 bits per heavy atom. The molecule has 2 aliphatic carbocycles. The van der Waals surface area contributed by atoms with Crippen LogP contribution in [0.4, 0.5) is 22.7 Å². The number of nitro benzene ring substituents is 4. The summed E-state index contributed by atoms with van der Waals surface area (Å²) < 4.78 is 15.2. The van der Waals surface area contributed by atoms with E-state index in [-0.39, 0.29) is 36.9 Å². The predicted octanol–water partition coefficient (Wildman–Crippen LogP) is 13.7. The molecule has 0 fully saturated rings. The van der Waals surface area contributed by atoms with E-state index >= 15 is 0 Å². The SMILES string of the molecule is CCCC[C@H]1CCc2c(O)cccc2C1.CCCC[C@H]1CCc2c(cccc2OC)C1.O=CO[C@@H](CC(=O)c1cc([N+](=O)[O-])cc([N+](=O)[O-])c1)c1ccccc1.O=CO[C@H](CC(=O)c1cc([N+](=O)[O-])cc([N+](=O)[O-])c1)c1ccccc1. The molecule has 6 aromatic rings. The number of ether oxygens (including phenoxy) is 3. The van der Waals surface area contributed by atoms with Gasteiger partial charge in [-0.3, -0.25) is 59.6 Å². The van der Waals surface area contributed by atoms with E-state index in [1.807, 2.05) is 12.1 Å². The third kappa shape index (κ3) is 19.0. The number of unbranched alkanes of at least 4 members (excludes halogenated alkanes) is 2. The van der Waals surface area contributed by atoms with E-state index < -0.39 is 66.2 Å². The molecular formula is C61H66N4O16. The molecule has 0 saturated carbocycles. The number of phenolic OH excluding ortho intramolecular Hbond substituents is 1. The summed E-state index contributed by atoms with van der Waals surface area (Å²) in [5, 5.41) is 53.3. The number of ketones is 2. The van der Waals surface area contributed by atoms with Gasteiger partial charge in [0.1, 0.15) is 23.7 Å². The Morgan fingerprint density at radius 1 is 0.556 bits per heavy atom. The van der Waals surface area contributed by atoms with Crippen molar-refractivity contribution in [2.45, 2.75) is 116 Å². The highest BCUT2D eigenvalue weighted by molar-refractivity contribution is 5.98. The number of carbonyl (C=O) groups excluding carboxylic acids is 4. The number of nitrogens with zero attached hydrogens (tertiary/aromatic N) is 4. The van der Waals surface area contributed by atoms with Crippen molar-refractivity contribution in [3.05, 3.63) is 218 Å². The Bertz CT molecular complexity index is 2910. The standard InChI is InChI=1S/2C16H12N2O7.C15H22O.C14H20O/c2*19-10-25-16(11-4-2-1-3-5-11)9-15(20)12-6-13(17(21)22)8-14(7-12)18(23)24;1-3-4-6-12-9-10-14-13(11-12)7-5-8-15(14)16-2;1-2-3-5-11-8-9-13-12(10-11)6-4-7-14(13)15/h2*1-8,10,16H,9H2;5,7-8,12H,3-4,6,9-11H2,1-2H3;4,6-7,11,15H,2-3,5,8-10H2,1H3/t2*16-;12-;11-/m1000/s1. The molecule has 0 unspecified atom stereocenters. The monoisotopic (exact) mass is 1110 g/mol. The van der Waals surface area contributed by atoms with Gasteiger partial charge in [0.2, 0.25) is 0 Å². The quantitative estimate of drug-likeness (QED) is 0.0270. The average Bonchev–Trinajstić information content (AvgIpc) is 3.49. The number of carbonyl (C=O) groups is 4. The van der Waals surface area contributed by atoms with Gasteiger partial charge in [0.15, 0.2) is 11.6 Å². The summed E-state index contributed by atoms with van der Waals surface area (Å²) in [5.41, 5.74) is 4.01. The first kappa shape index (κ1) is 62.6. The van der Waals surface area contributed by atoms with Gasteiger partial charge >= 0.3 is 0 Å². The second-order valence-corrected chi connectivity index (χ2v) is 19.5. The number of hydrogen-bond donors (Lipinski definition) is 1. The first-order valence-corrected chi connectivity index (χ1v) is 26.7. The van der Waals surface area contributed by atoms with Crippen molar-refractivity contribution in [1.29, 1.82) is 0 Å². The van der Waals surface area contributed by atoms with Gasteiger partial charge in [-0.25, -0.2) is 0 Å². The third-order valence-corrected chi connectivity index (χ3v) is 14.1. The molecular weight excluding hydrogens is 1040 g/mol. The summed E-state index contributed by atoms with van der Waals surface area (Å²) in [6.45, 7) is 4.92. The lowest BCUT2D eigenvalue weighted by Gasteiger charge is -2.25. The molecule has 6 aromatic carbocycles. The van der Waals surface area contributed by atoms with E-state index in [2.05, 4.69) is 38.1 Å². The smallest absolute Gasteiger partial charge is 0.293 e. The van der Waals surface area contributed by atoms with Gasteiger partial charge in [-0.2, -0.15) is 0 Å². The van der Waals surface area contributed by atoms with Gasteiger partial charge < -0.3 is 19.3 Å². The molecule has 0 radical (unpaired) electrons. The van der Waals surface area contributed by atoms with Crippen LogP contribution in [0.25, 0.3) is 0 Å². The molecule has 0 heterocycles. The van der Waals surface area contributed by atoms with E-state index in [9.17, 15) is 64.7 Å². The Labute approximate surface area is 468 Å². The van der Waals surface area contributed by atoms with Crippen molar-refractivity contribution in [2.24, 2.45) is 11.8 Å². The van der Waals surface area contributed by atoms with Crippen LogP contribution >= 0.6 is 0 Å². The highest BCUT2D eigenvalue weighted by Crippen LogP contribution is 2.36. The number of hydrogen-bond acceptors (Lipinski definition) is 16. The van der Waals surface area contributed by atoms with Crippen molar-refractivity contribution < 1.29 is 58.2 Å². The zero-order chi connectivity index (χ0) is 58.8. The Hall–Kier alpha value is -9.20. The number of aromatic hydroxyl groups is 1. The summed E-state index contributed by atoms with van der Waals surface area (Å²) in [7, 11) is 1.78. The number of non-ortho nitro benzene ring substituents is 4. The minimum atomic E-state index is -0.899. The highest BCUT2D eigenvalue weighted by Gasteiger charge is 2.26. The number of rotatable bonds is 23. The summed E-state index contributed by atoms with van der Waals surface area (Å²) in [6.07, 6.45) is 13.0. The van der Waals surface area contributed by atoms with E-state index in [0.717, 1.165) is 60.4 Å². The molecule has 1 N–H and O–H groups in total. The molecule has 0 spiro atoms. The van der Waals surface area contributed by atoms with Crippen LogP contribution in [0, 0.1) is 52.3 Å². The molecule has 0 bridgehead atoms.